The van der Waals surface area contributed by atoms with E-state index in [1.165, 1.54) is 32.1 Å². The molecule has 4 N–H and O–H groups in total. The molecule has 4 heteroatoms. The van der Waals surface area contributed by atoms with Crippen molar-refractivity contribution in [3.8, 4) is 0 Å². The lowest BCUT2D eigenvalue weighted by molar-refractivity contribution is -0.0679. The highest BCUT2D eigenvalue weighted by Crippen LogP contribution is 2.21. The van der Waals surface area contributed by atoms with Gasteiger partial charge in [-0.15, -0.1) is 0 Å². The molecule has 0 radical (unpaired) electrons. The zero-order valence-corrected chi connectivity index (χ0v) is 11.5. The molecule has 1 fully saturated rings. The Morgan fingerprint density at radius 1 is 1.06 bits per heavy atom. The summed E-state index contributed by atoms with van der Waals surface area (Å²) in [4.78, 5) is 0. The molecule has 0 saturated carbocycles. The van der Waals surface area contributed by atoms with Crippen molar-refractivity contribution in [2.45, 2.75) is 70.1 Å². The maximum absolute atomic E-state index is 9.83. The number of nitrogens with one attached hydrogen (secondary N) is 1. The van der Waals surface area contributed by atoms with Crippen LogP contribution in [0.4, 0.5) is 0 Å². The summed E-state index contributed by atoms with van der Waals surface area (Å²) in [6.45, 7) is 2.58. The van der Waals surface area contributed by atoms with E-state index in [0.717, 1.165) is 12.8 Å². The Bertz CT molecular complexity index is 213. The smallest absolute Gasteiger partial charge is 0.0927 e. The van der Waals surface area contributed by atoms with Gasteiger partial charge in [0.25, 0.3) is 0 Å². The lowest BCUT2D eigenvalue weighted by Gasteiger charge is -2.38. The van der Waals surface area contributed by atoms with Gasteiger partial charge in [-0.3, -0.25) is 0 Å². The number of unbranched alkanes of at least 4 members (excludes halogenated alkanes) is 5. The minimum atomic E-state index is -0.790. The third-order valence-corrected chi connectivity index (χ3v) is 4.02. The molecular formula is C14H29NO3. The molecule has 1 heterocycles. The Labute approximate surface area is 110 Å². The van der Waals surface area contributed by atoms with Crippen LogP contribution in [-0.4, -0.2) is 46.7 Å². The Hall–Kier alpha value is -0.160. The van der Waals surface area contributed by atoms with Crippen LogP contribution in [0.15, 0.2) is 0 Å². The molecule has 0 amide bonds. The van der Waals surface area contributed by atoms with Crippen LogP contribution < -0.4 is 5.32 Å². The first kappa shape index (κ1) is 15.9. The molecule has 0 aromatic rings. The maximum atomic E-state index is 9.83. The van der Waals surface area contributed by atoms with Gasteiger partial charge in [0.1, 0.15) is 0 Å². The normalized spacial score (nSPS) is 32.7. The molecule has 4 nitrogen and oxygen atoms in total. The average molecular weight is 259 g/mol. The van der Waals surface area contributed by atoms with Gasteiger partial charge in [0.2, 0.25) is 0 Å². The zero-order chi connectivity index (χ0) is 13.4. The summed E-state index contributed by atoms with van der Waals surface area (Å²) in [5, 5.41) is 31.9. The standard InChI is InChI=1S/C14H29NO3/c1-2-3-4-5-6-7-8-12-11(10-16)14(18)13(17)9-15-12/h11-18H,2-10H2,1H3/t11-,12?,13+,14+/m0/s1. The largest absolute Gasteiger partial charge is 0.396 e. The van der Waals surface area contributed by atoms with Gasteiger partial charge in [-0.05, 0) is 6.42 Å². The second kappa shape index (κ2) is 8.86. The molecule has 0 spiro atoms. The van der Waals surface area contributed by atoms with Crippen molar-refractivity contribution in [2.24, 2.45) is 5.92 Å². The van der Waals surface area contributed by atoms with E-state index >= 15 is 0 Å². The Morgan fingerprint density at radius 3 is 2.39 bits per heavy atom. The molecule has 0 bridgehead atoms. The summed E-state index contributed by atoms with van der Waals surface area (Å²) in [5.74, 6) is -0.232. The number of aliphatic hydroxyl groups is 3. The van der Waals surface area contributed by atoms with Crippen molar-refractivity contribution in [3.05, 3.63) is 0 Å². The number of hydrogen-bond donors (Lipinski definition) is 4. The minimum absolute atomic E-state index is 0.0638. The monoisotopic (exact) mass is 259 g/mol. The zero-order valence-electron chi connectivity index (χ0n) is 11.5. The fraction of sp³-hybridized carbons (Fsp3) is 1.00. The van der Waals surface area contributed by atoms with Crippen molar-refractivity contribution in [1.82, 2.24) is 5.32 Å². The van der Waals surface area contributed by atoms with Gasteiger partial charge in [-0.2, -0.15) is 0 Å². The Balaban J connectivity index is 2.20. The van der Waals surface area contributed by atoms with E-state index in [1.807, 2.05) is 0 Å². The van der Waals surface area contributed by atoms with Gasteiger partial charge >= 0.3 is 0 Å². The molecule has 1 unspecified atom stereocenters. The van der Waals surface area contributed by atoms with Gasteiger partial charge < -0.3 is 20.6 Å². The highest BCUT2D eigenvalue weighted by atomic mass is 16.3. The first-order valence-corrected chi connectivity index (χ1v) is 7.41. The quantitative estimate of drug-likeness (QED) is 0.492. The van der Waals surface area contributed by atoms with Gasteiger partial charge in [0.15, 0.2) is 0 Å². The number of hydrogen-bond acceptors (Lipinski definition) is 4. The molecule has 18 heavy (non-hydrogen) atoms. The Kier molecular flexibility index (Phi) is 7.82. The predicted octanol–water partition coefficient (Wildman–Crippen LogP) is 1.04. The molecule has 4 atom stereocenters. The topological polar surface area (TPSA) is 72.7 Å². The second-order valence-electron chi connectivity index (χ2n) is 5.48. The molecule has 1 saturated heterocycles. The van der Waals surface area contributed by atoms with Crippen LogP contribution in [0.25, 0.3) is 0 Å². The number of aliphatic hydroxyl groups excluding tert-OH is 3. The van der Waals surface area contributed by atoms with Crippen LogP contribution in [0.1, 0.15) is 51.9 Å². The van der Waals surface area contributed by atoms with E-state index in [2.05, 4.69) is 12.2 Å². The van der Waals surface area contributed by atoms with Crippen LogP contribution in [0.2, 0.25) is 0 Å². The first-order chi connectivity index (χ1) is 8.70. The summed E-state index contributed by atoms with van der Waals surface area (Å²) in [7, 11) is 0. The summed E-state index contributed by atoms with van der Waals surface area (Å²) in [5.41, 5.74) is 0. The Morgan fingerprint density at radius 2 is 1.72 bits per heavy atom. The number of piperidine rings is 1. The molecule has 108 valence electrons. The molecule has 1 aliphatic heterocycles. The van der Waals surface area contributed by atoms with Crippen molar-refractivity contribution >= 4 is 0 Å². The number of rotatable bonds is 8. The highest BCUT2D eigenvalue weighted by Gasteiger charge is 2.36. The molecule has 1 aliphatic rings. The van der Waals surface area contributed by atoms with Gasteiger partial charge in [0.05, 0.1) is 12.2 Å². The minimum Gasteiger partial charge on any atom is -0.396 e. The highest BCUT2D eigenvalue weighted by molar-refractivity contribution is 4.91. The van der Waals surface area contributed by atoms with Crippen LogP contribution in [0.5, 0.6) is 0 Å². The van der Waals surface area contributed by atoms with Crippen molar-refractivity contribution in [1.29, 1.82) is 0 Å². The molecule has 0 aliphatic carbocycles. The maximum Gasteiger partial charge on any atom is 0.0927 e. The summed E-state index contributed by atoms with van der Waals surface area (Å²) in [6.07, 6.45) is 6.93. The first-order valence-electron chi connectivity index (χ1n) is 7.41. The van der Waals surface area contributed by atoms with Gasteiger partial charge in [0, 0.05) is 25.1 Å². The fourth-order valence-electron chi connectivity index (χ4n) is 2.76. The van der Waals surface area contributed by atoms with Crippen LogP contribution >= 0.6 is 0 Å². The van der Waals surface area contributed by atoms with Gasteiger partial charge in [-0.25, -0.2) is 0 Å². The van der Waals surface area contributed by atoms with E-state index in [9.17, 15) is 15.3 Å². The van der Waals surface area contributed by atoms with Crippen molar-refractivity contribution in [3.63, 3.8) is 0 Å². The van der Waals surface area contributed by atoms with E-state index in [1.54, 1.807) is 0 Å². The van der Waals surface area contributed by atoms with E-state index in [4.69, 9.17) is 0 Å². The molecule has 1 rings (SSSR count). The lowest BCUT2D eigenvalue weighted by atomic mass is 9.84. The lowest BCUT2D eigenvalue weighted by Crippen LogP contribution is -2.57. The SMILES string of the molecule is CCCCCCCCC1NC[C@@H](O)[C@H](O)[C@H]1CO. The molecule has 0 aromatic carbocycles. The average Bonchev–Trinajstić information content (AvgIpc) is 2.38. The fourth-order valence-corrected chi connectivity index (χ4v) is 2.76. The van der Waals surface area contributed by atoms with E-state index < -0.39 is 12.2 Å². The summed E-state index contributed by atoms with van der Waals surface area (Å²) < 4.78 is 0. The van der Waals surface area contributed by atoms with Crippen LogP contribution in [0.3, 0.4) is 0 Å². The van der Waals surface area contributed by atoms with Crippen molar-refractivity contribution < 1.29 is 15.3 Å². The summed E-state index contributed by atoms with van der Waals surface area (Å²) >= 11 is 0. The molecular weight excluding hydrogens is 230 g/mol. The predicted molar refractivity (Wildman–Crippen MR) is 72.4 cm³/mol. The molecule has 0 aromatic heterocycles. The van der Waals surface area contributed by atoms with Crippen LogP contribution in [-0.2, 0) is 0 Å². The summed E-state index contributed by atoms with van der Waals surface area (Å²) in [6, 6.07) is 0.138. The van der Waals surface area contributed by atoms with Gasteiger partial charge in [-0.1, -0.05) is 45.4 Å². The number of β-amino-alcohol motifs (C(OH)–C–C–N with tert-alkyl or cyclic N) is 1. The van der Waals surface area contributed by atoms with Crippen molar-refractivity contribution in [2.75, 3.05) is 13.2 Å². The van der Waals surface area contributed by atoms with Crippen LogP contribution in [0, 0.1) is 5.92 Å². The third-order valence-electron chi connectivity index (χ3n) is 4.02. The van der Waals surface area contributed by atoms with E-state index in [0.29, 0.717) is 6.54 Å². The third kappa shape index (κ3) is 4.84. The van der Waals surface area contributed by atoms with E-state index in [-0.39, 0.29) is 18.6 Å². The second-order valence-corrected chi connectivity index (χ2v) is 5.48.